The third-order valence-electron chi connectivity index (χ3n) is 3.50. The van der Waals surface area contributed by atoms with E-state index in [-0.39, 0.29) is 6.04 Å². The van der Waals surface area contributed by atoms with Crippen LogP contribution in [0.5, 0.6) is 0 Å². The van der Waals surface area contributed by atoms with Gasteiger partial charge in [-0.1, -0.05) is 6.07 Å². The highest BCUT2D eigenvalue weighted by atomic mass is 19.2. The fraction of sp³-hybridized carbons (Fsp3) is 0.412. The average molecular weight is 335 g/mol. The smallest absolute Gasteiger partial charge is 0.191 e. The van der Waals surface area contributed by atoms with Gasteiger partial charge >= 0.3 is 0 Å². The van der Waals surface area contributed by atoms with Gasteiger partial charge in [-0.3, -0.25) is 9.67 Å². The number of aryl methyl sites for hydroxylation is 1. The Kier molecular flexibility index (Phi) is 6.28. The first kappa shape index (κ1) is 17.9. The highest BCUT2D eigenvalue weighted by Gasteiger charge is 2.10. The lowest BCUT2D eigenvalue weighted by Gasteiger charge is -2.18. The molecule has 0 radical (unpaired) electrons. The number of halogens is 2. The van der Waals surface area contributed by atoms with Gasteiger partial charge in [0.25, 0.3) is 0 Å². The van der Waals surface area contributed by atoms with Crippen LogP contribution in [0.2, 0.25) is 0 Å². The van der Waals surface area contributed by atoms with E-state index in [2.05, 4.69) is 20.7 Å². The van der Waals surface area contributed by atoms with E-state index in [4.69, 9.17) is 0 Å². The molecule has 130 valence electrons. The molecule has 0 saturated carbocycles. The van der Waals surface area contributed by atoms with Gasteiger partial charge in [0.05, 0.1) is 25.3 Å². The number of hydrogen-bond acceptors (Lipinski definition) is 2. The van der Waals surface area contributed by atoms with E-state index >= 15 is 0 Å². The first-order valence-electron chi connectivity index (χ1n) is 7.98. The number of benzene rings is 1. The number of hydrogen-bond donors (Lipinski definition) is 2. The van der Waals surface area contributed by atoms with Gasteiger partial charge < -0.3 is 10.6 Å². The molecule has 5 nitrogen and oxygen atoms in total. The monoisotopic (exact) mass is 335 g/mol. The summed E-state index contributed by atoms with van der Waals surface area (Å²) in [5.74, 6) is -1.07. The van der Waals surface area contributed by atoms with E-state index in [0.717, 1.165) is 11.6 Å². The normalized spacial score (nSPS) is 13.0. The summed E-state index contributed by atoms with van der Waals surface area (Å²) in [6.45, 7) is 7.76. The zero-order valence-corrected chi connectivity index (χ0v) is 14.2. The zero-order valence-electron chi connectivity index (χ0n) is 14.2. The minimum absolute atomic E-state index is 0.204. The predicted octanol–water partition coefficient (Wildman–Crippen LogP) is 2.79. The lowest BCUT2D eigenvalue weighted by Crippen LogP contribution is -2.39. The van der Waals surface area contributed by atoms with E-state index in [0.29, 0.717) is 31.2 Å². The molecule has 0 spiro atoms. The Bertz CT molecular complexity index is 696. The molecule has 0 aliphatic heterocycles. The second kappa shape index (κ2) is 8.42. The van der Waals surface area contributed by atoms with Crippen LogP contribution in [-0.4, -0.2) is 28.8 Å². The minimum atomic E-state index is -0.850. The molecule has 2 aromatic rings. The van der Waals surface area contributed by atoms with Crippen molar-refractivity contribution < 1.29 is 8.78 Å². The molecule has 1 heterocycles. The fourth-order valence-corrected chi connectivity index (χ4v) is 2.24. The molecule has 0 aliphatic carbocycles. The quantitative estimate of drug-likeness (QED) is 0.630. The molecule has 1 unspecified atom stereocenters. The zero-order chi connectivity index (χ0) is 17.5. The summed E-state index contributed by atoms with van der Waals surface area (Å²) in [6, 6.07) is 3.69. The first-order valence-corrected chi connectivity index (χ1v) is 7.98. The third kappa shape index (κ3) is 5.04. The molecule has 1 aromatic heterocycles. The summed E-state index contributed by atoms with van der Waals surface area (Å²) >= 11 is 0. The van der Waals surface area contributed by atoms with Gasteiger partial charge in [0.2, 0.25) is 0 Å². The van der Waals surface area contributed by atoms with E-state index in [1.165, 1.54) is 6.07 Å². The van der Waals surface area contributed by atoms with Crippen LogP contribution in [0.1, 0.15) is 31.0 Å². The van der Waals surface area contributed by atoms with Gasteiger partial charge in [0, 0.05) is 12.7 Å². The molecule has 0 aliphatic rings. The summed E-state index contributed by atoms with van der Waals surface area (Å²) in [5, 5.41) is 10.5. The SMILES string of the molecule is CCNC(=NCCn1cc(C)cn1)NC(C)c1ccc(F)c(F)c1. The Morgan fingerprint density at radius 1 is 1.33 bits per heavy atom. The van der Waals surface area contributed by atoms with Crippen molar-refractivity contribution in [1.29, 1.82) is 0 Å². The van der Waals surface area contributed by atoms with Gasteiger partial charge in [-0.25, -0.2) is 8.78 Å². The van der Waals surface area contributed by atoms with E-state index in [1.807, 2.05) is 31.6 Å². The number of nitrogens with zero attached hydrogens (tertiary/aromatic N) is 3. The number of nitrogens with one attached hydrogen (secondary N) is 2. The number of guanidine groups is 1. The van der Waals surface area contributed by atoms with Gasteiger partial charge in [-0.15, -0.1) is 0 Å². The van der Waals surface area contributed by atoms with E-state index in [9.17, 15) is 8.78 Å². The Morgan fingerprint density at radius 2 is 2.12 bits per heavy atom. The largest absolute Gasteiger partial charge is 0.357 e. The lowest BCUT2D eigenvalue weighted by molar-refractivity contribution is 0.504. The fourth-order valence-electron chi connectivity index (χ4n) is 2.24. The van der Waals surface area contributed by atoms with Crippen LogP contribution >= 0.6 is 0 Å². The van der Waals surface area contributed by atoms with Crippen molar-refractivity contribution in [3.63, 3.8) is 0 Å². The second-order valence-electron chi connectivity index (χ2n) is 5.58. The molecule has 2 rings (SSSR count). The van der Waals surface area contributed by atoms with Crippen molar-refractivity contribution >= 4 is 5.96 Å². The average Bonchev–Trinajstić information content (AvgIpc) is 2.95. The van der Waals surface area contributed by atoms with Crippen LogP contribution in [0.3, 0.4) is 0 Å². The van der Waals surface area contributed by atoms with Crippen molar-refractivity contribution in [1.82, 2.24) is 20.4 Å². The van der Waals surface area contributed by atoms with Crippen molar-refractivity contribution in [2.24, 2.45) is 4.99 Å². The summed E-state index contributed by atoms with van der Waals surface area (Å²) in [5.41, 5.74) is 1.76. The maximum absolute atomic E-state index is 13.4. The van der Waals surface area contributed by atoms with Gasteiger partial charge in [0.15, 0.2) is 17.6 Å². The van der Waals surface area contributed by atoms with Gasteiger partial charge in [0.1, 0.15) is 0 Å². The minimum Gasteiger partial charge on any atom is -0.357 e. The molecule has 2 N–H and O–H groups in total. The van der Waals surface area contributed by atoms with Crippen LogP contribution in [0.15, 0.2) is 35.6 Å². The Balaban J connectivity index is 1.98. The standard InChI is InChI=1S/C17H23F2N5/c1-4-20-17(21-7-8-24-11-12(2)10-22-24)23-13(3)14-5-6-15(18)16(19)9-14/h5-6,9-11,13H,4,7-8H2,1-3H3,(H2,20,21,23). The van der Waals surface area contributed by atoms with Gasteiger partial charge in [-0.05, 0) is 44.0 Å². The summed E-state index contributed by atoms with van der Waals surface area (Å²) in [4.78, 5) is 4.49. The molecule has 0 saturated heterocycles. The molecule has 0 amide bonds. The van der Waals surface area contributed by atoms with Crippen LogP contribution in [0, 0.1) is 18.6 Å². The molecule has 0 fully saturated rings. The van der Waals surface area contributed by atoms with Crippen LogP contribution < -0.4 is 10.6 Å². The van der Waals surface area contributed by atoms with E-state index < -0.39 is 11.6 Å². The maximum atomic E-state index is 13.4. The number of aromatic nitrogens is 2. The Morgan fingerprint density at radius 3 is 2.75 bits per heavy atom. The molecular weight excluding hydrogens is 312 g/mol. The van der Waals surface area contributed by atoms with Crippen LogP contribution in [0.25, 0.3) is 0 Å². The highest BCUT2D eigenvalue weighted by molar-refractivity contribution is 5.80. The Labute approximate surface area is 140 Å². The van der Waals surface area contributed by atoms with Crippen LogP contribution in [-0.2, 0) is 6.54 Å². The molecule has 7 heteroatoms. The third-order valence-corrected chi connectivity index (χ3v) is 3.50. The molecule has 1 atom stereocenters. The van der Waals surface area contributed by atoms with E-state index in [1.54, 1.807) is 12.3 Å². The molecular formula is C17H23F2N5. The van der Waals surface area contributed by atoms with Crippen molar-refractivity contribution in [2.75, 3.05) is 13.1 Å². The van der Waals surface area contributed by atoms with Crippen molar-refractivity contribution in [3.8, 4) is 0 Å². The van der Waals surface area contributed by atoms with Gasteiger partial charge in [-0.2, -0.15) is 5.10 Å². The maximum Gasteiger partial charge on any atom is 0.191 e. The number of aliphatic imine (C=N–C) groups is 1. The Hall–Kier alpha value is -2.44. The first-order chi connectivity index (χ1) is 11.5. The molecule has 24 heavy (non-hydrogen) atoms. The number of rotatable bonds is 6. The van der Waals surface area contributed by atoms with Crippen LogP contribution in [0.4, 0.5) is 8.78 Å². The molecule has 1 aromatic carbocycles. The molecule has 0 bridgehead atoms. The van der Waals surface area contributed by atoms with Crippen molar-refractivity contribution in [2.45, 2.75) is 33.4 Å². The summed E-state index contributed by atoms with van der Waals surface area (Å²) in [7, 11) is 0. The lowest BCUT2D eigenvalue weighted by atomic mass is 10.1. The summed E-state index contributed by atoms with van der Waals surface area (Å²) in [6.07, 6.45) is 3.76. The predicted molar refractivity (Wildman–Crippen MR) is 90.9 cm³/mol. The summed E-state index contributed by atoms with van der Waals surface area (Å²) < 4.78 is 28.2. The topological polar surface area (TPSA) is 54.2 Å². The highest BCUT2D eigenvalue weighted by Crippen LogP contribution is 2.15. The second-order valence-corrected chi connectivity index (χ2v) is 5.58. The van der Waals surface area contributed by atoms with Crippen molar-refractivity contribution in [3.05, 3.63) is 53.4 Å².